The number of hydrogen-bond acceptors (Lipinski definition) is 3. The van der Waals surface area contributed by atoms with Crippen molar-refractivity contribution in [1.29, 1.82) is 0 Å². The van der Waals surface area contributed by atoms with Crippen molar-refractivity contribution in [3.8, 4) is 5.75 Å². The zero-order valence-corrected chi connectivity index (χ0v) is 15.7. The molecule has 1 saturated carbocycles. The van der Waals surface area contributed by atoms with E-state index in [4.69, 9.17) is 17.0 Å². The molecule has 4 nitrogen and oxygen atoms in total. The molecule has 3 rings (SSSR count). The number of aryl methyl sites for hydroxylation is 1. The summed E-state index contributed by atoms with van der Waals surface area (Å²) in [5, 5.41) is 4.15. The highest BCUT2D eigenvalue weighted by Crippen LogP contribution is 2.29. The summed E-state index contributed by atoms with van der Waals surface area (Å²) in [5.74, 6) is 0.815. The Labute approximate surface area is 155 Å². The highest BCUT2D eigenvalue weighted by Gasteiger charge is 2.25. The van der Waals surface area contributed by atoms with Crippen LogP contribution in [-0.2, 0) is 6.54 Å². The van der Waals surface area contributed by atoms with E-state index in [1.54, 1.807) is 13.3 Å². The van der Waals surface area contributed by atoms with E-state index < -0.39 is 0 Å². The van der Waals surface area contributed by atoms with Gasteiger partial charge in [-0.15, -0.1) is 0 Å². The molecule has 0 bridgehead atoms. The van der Waals surface area contributed by atoms with E-state index in [0.29, 0.717) is 6.04 Å². The minimum absolute atomic E-state index is 0.483. The second kappa shape index (κ2) is 8.30. The third-order valence-corrected chi connectivity index (χ3v) is 5.04. The summed E-state index contributed by atoms with van der Waals surface area (Å²) >= 11 is 5.77. The zero-order valence-electron chi connectivity index (χ0n) is 14.9. The Bertz CT molecular complexity index is 714. The van der Waals surface area contributed by atoms with Crippen LogP contribution in [0.15, 0.2) is 42.7 Å². The summed E-state index contributed by atoms with van der Waals surface area (Å²) < 4.78 is 5.50. The number of benzene rings is 1. The average Bonchev–Trinajstić information content (AvgIpc) is 3.16. The highest BCUT2D eigenvalue weighted by atomic mass is 32.1. The van der Waals surface area contributed by atoms with Crippen LogP contribution in [0.3, 0.4) is 0 Å². The molecule has 1 aromatic carbocycles. The van der Waals surface area contributed by atoms with Crippen molar-refractivity contribution >= 4 is 23.0 Å². The summed E-state index contributed by atoms with van der Waals surface area (Å²) in [4.78, 5) is 6.54. The minimum atomic E-state index is 0.483. The number of hydrogen-bond donors (Lipinski definition) is 1. The van der Waals surface area contributed by atoms with Crippen molar-refractivity contribution in [2.24, 2.45) is 0 Å². The first-order valence-corrected chi connectivity index (χ1v) is 9.19. The Morgan fingerprint density at radius 3 is 2.80 bits per heavy atom. The number of methoxy groups -OCH3 is 1. The number of thiocarbonyl (C=S) groups is 1. The van der Waals surface area contributed by atoms with E-state index in [0.717, 1.165) is 28.7 Å². The van der Waals surface area contributed by atoms with Gasteiger partial charge in [-0.1, -0.05) is 25.0 Å². The fraction of sp³-hybridized carbons (Fsp3) is 0.400. The molecular weight excluding hydrogens is 330 g/mol. The molecule has 0 amide bonds. The van der Waals surface area contributed by atoms with E-state index in [2.05, 4.69) is 34.3 Å². The van der Waals surface area contributed by atoms with Gasteiger partial charge in [0.25, 0.3) is 0 Å². The zero-order chi connectivity index (χ0) is 17.6. The molecule has 1 aliphatic carbocycles. The van der Waals surface area contributed by atoms with Crippen LogP contribution in [-0.4, -0.2) is 28.1 Å². The van der Waals surface area contributed by atoms with Crippen LogP contribution in [0, 0.1) is 6.92 Å². The van der Waals surface area contributed by atoms with Gasteiger partial charge in [0.15, 0.2) is 5.11 Å². The summed E-state index contributed by atoms with van der Waals surface area (Å²) in [5.41, 5.74) is 3.25. The van der Waals surface area contributed by atoms with Gasteiger partial charge in [0.2, 0.25) is 0 Å². The van der Waals surface area contributed by atoms with Crippen LogP contribution in [0.25, 0.3) is 0 Å². The van der Waals surface area contributed by atoms with Crippen LogP contribution in [0.2, 0.25) is 0 Å². The molecule has 25 heavy (non-hydrogen) atoms. The number of nitrogens with zero attached hydrogens (tertiary/aromatic N) is 2. The van der Waals surface area contributed by atoms with Gasteiger partial charge in [-0.2, -0.15) is 0 Å². The maximum atomic E-state index is 5.77. The quantitative estimate of drug-likeness (QED) is 0.797. The summed E-state index contributed by atoms with van der Waals surface area (Å²) in [6.45, 7) is 2.83. The van der Waals surface area contributed by atoms with E-state index in [-0.39, 0.29) is 0 Å². The SMILES string of the molecule is COc1cc(C)ccc1NC(=S)N(Cc1cccnc1)C1CCCC1. The van der Waals surface area contributed by atoms with Crippen molar-refractivity contribution in [1.82, 2.24) is 9.88 Å². The molecule has 1 aromatic heterocycles. The minimum Gasteiger partial charge on any atom is -0.495 e. The number of ether oxygens (including phenoxy) is 1. The molecule has 1 N–H and O–H groups in total. The van der Waals surface area contributed by atoms with E-state index in [1.165, 1.54) is 31.2 Å². The number of nitrogens with one attached hydrogen (secondary N) is 1. The molecule has 1 aliphatic rings. The van der Waals surface area contributed by atoms with Crippen molar-refractivity contribution in [2.75, 3.05) is 12.4 Å². The molecule has 0 atom stereocenters. The van der Waals surface area contributed by atoms with Gasteiger partial charge in [-0.05, 0) is 61.3 Å². The Morgan fingerprint density at radius 2 is 2.12 bits per heavy atom. The molecular formula is C20H25N3OS. The third kappa shape index (κ3) is 4.48. The first kappa shape index (κ1) is 17.7. The van der Waals surface area contributed by atoms with Gasteiger partial charge >= 0.3 is 0 Å². The number of anilines is 1. The summed E-state index contributed by atoms with van der Waals surface area (Å²) in [6.07, 6.45) is 8.63. The van der Waals surface area contributed by atoms with Gasteiger partial charge in [0, 0.05) is 25.0 Å². The van der Waals surface area contributed by atoms with E-state index in [1.807, 2.05) is 24.4 Å². The van der Waals surface area contributed by atoms with Crippen molar-refractivity contribution < 1.29 is 4.74 Å². The molecule has 1 heterocycles. The van der Waals surface area contributed by atoms with Crippen LogP contribution >= 0.6 is 12.2 Å². The smallest absolute Gasteiger partial charge is 0.174 e. The topological polar surface area (TPSA) is 37.4 Å². The maximum Gasteiger partial charge on any atom is 0.174 e. The molecule has 5 heteroatoms. The molecule has 0 saturated heterocycles. The maximum absolute atomic E-state index is 5.77. The first-order chi connectivity index (χ1) is 12.2. The van der Waals surface area contributed by atoms with Crippen LogP contribution in [0.5, 0.6) is 5.75 Å². The lowest BCUT2D eigenvalue weighted by Gasteiger charge is -2.32. The molecule has 1 fully saturated rings. The van der Waals surface area contributed by atoms with Crippen molar-refractivity contribution in [3.63, 3.8) is 0 Å². The van der Waals surface area contributed by atoms with Gasteiger partial charge in [0.1, 0.15) is 5.75 Å². The van der Waals surface area contributed by atoms with Gasteiger partial charge in [0.05, 0.1) is 12.8 Å². The lowest BCUT2D eigenvalue weighted by atomic mass is 10.2. The molecule has 0 aliphatic heterocycles. The Kier molecular flexibility index (Phi) is 5.87. The predicted octanol–water partition coefficient (Wildman–Crippen LogP) is 4.54. The van der Waals surface area contributed by atoms with Crippen molar-refractivity contribution in [2.45, 2.75) is 45.2 Å². The van der Waals surface area contributed by atoms with E-state index in [9.17, 15) is 0 Å². The van der Waals surface area contributed by atoms with Gasteiger partial charge in [-0.25, -0.2) is 0 Å². The molecule has 132 valence electrons. The van der Waals surface area contributed by atoms with Crippen LogP contribution in [0.4, 0.5) is 5.69 Å². The second-order valence-corrected chi connectivity index (χ2v) is 6.95. The van der Waals surface area contributed by atoms with Gasteiger partial charge in [-0.3, -0.25) is 4.98 Å². The molecule has 0 unspecified atom stereocenters. The van der Waals surface area contributed by atoms with E-state index >= 15 is 0 Å². The first-order valence-electron chi connectivity index (χ1n) is 8.78. The van der Waals surface area contributed by atoms with Crippen molar-refractivity contribution in [3.05, 3.63) is 53.9 Å². The fourth-order valence-electron chi connectivity index (χ4n) is 3.36. The Hall–Kier alpha value is -2.14. The van der Waals surface area contributed by atoms with Crippen LogP contribution < -0.4 is 10.1 Å². The number of aromatic nitrogens is 1. The molecule has 0 spiro atoms. The Morgan fingerprint density at radius 1 is 1.32 bits per heavy atom. The Balaban J connectivity index is 1.79. The summed E-state index contributed by atoms with van der Waals surface area (Å²) in [7, 11) is 1.69. The standard InChI is InChI=1S/C20H25N3OS/c1-15-9-10-18(19(12-15)24-2)22-20(25)23(17-7-3-4-8-17)14-16-6-5-11-21-13-16/h5-6,9-13,17H,3-4,7-8,14H2,1-2H3,(H,22,25). The predicted molar refractivity (Wildman–Crippen MR) is 106 cm³/mol. The fourth-order valence-corrected chi connectivity index (χ4v) is 3.68. The number of pyridine rings is 1. The third-order valence-electron chi connectivity index (χ3n) is 4.70. The largest absolute Gasteiger partial charge is 0.495 e. The molecule has 0 radical (unpaired) electrons. The lowest BCUT2D eigenvalue weighted by molar-refractivity contribution is 0.312. The average molecular weight is 356 g/mol. The van der Waals surface area contributed by atoms with Crippen LogP contribution in [0.1, 0.15) is 36.8 Å². The normalized spacial score (nSPS) is 14.3. The lowest BCUT2D eigenvalue weighted by Crippen LogP contribution is -2.41. The van der Waals surface area contributed by atoms with Gasteiger partial charge < -0.3 is 15.0 Å². The number of rotatable bonds is 5. The molecule has 2 aromatic rings. The second-order valence-electron chi connectivity index (χ2n) is 6.56. The monoisotopic (exact) mass is 355 g/mol. The summed E-state index contributed by atoms with van der Waals surface area (Å²) in [6, 6.07) is 10.7. The highest BCUT2D eigenvalue weighted by molar-refractivity contribution is 7.80.